The minimum atomic E-state index is -0.185. The molecule has 2 aliphatic rings. The Morgan fingerprint density at radius 3 is 2.38 bits per heavy atom. The van der Waals surface area contributed by atoms with Crippen molar-refractivity contribution in [1.29, 1.82) is 0 Å². The van der Waals surface area contributed by atoms with Crippen molar-refractivity contribution < 1.29 is 14.3 Å². The van der Waals surface area contributed by atoms with Crippen molar-refractivity contribution in [3.05, 3.63) is 0 Å². The number of hydrogen-bond donors (Lipinski definition) is 1. The van der Waals surface area contributed by atoms with Gasteiger partial charge in [-0.15, -0.1) is 0 Å². The number of nitrogens with zero attached hydrogens (tertiary/aromatic N) is 1. The summed E-state index contributed by atoms with van der Waals surface area (Å²) in [5, 5.41) is 2.32. The van der Waals surface area contributed by atoms with Gasteiger partial charge in [-0.25, -0.2) is 0 Å². The molecule has 0 spiro atoms. The topological polar surface area (TPSA) is 58.6 Å². The van der Waals surface area contributed by atoms with Crippen molar-refractivity contribution in [2.45, 2.75) is 25.8 Å². The molecule has 1 atom stereocenters. The highest BCUT2D eigenvalue weighted by Gasteiger charge is 2.31. The average Bonchev–Trinajstić information content (AvgIpc) is 2.28. The number of rotatable bonds is 2. The molecular weight excluding hydrogens is 208 g/mol. The molecule has 1 unspecified atom stereocenters. The van der Waals surface area contributed by atoms with E-state index in [0.717, 1.165) is 26.1 Å². The van der Waals surface area contributed by atoms with E-state index in [4.69, 9.17) is 4.74 Å². The van der Waals surface area contributed by atoms with Gasteiger partial charge in [-0.05, 0) is 25.7 Å². The highest BCUT2D eigenvalue weighted by molar-refractivity contribution is 5.99. The fourth-order valence-corrected chi connectivity index (χ4v) is 2.44. The van der Waals surface area contributed by atoms with Crippen LogP contribution in [0, 0.1) is 5.92 Å². The van der Waals surface area contributed by atoms with Gasteiger partial charge in [0.2, 0.25) is 11.8 Å². The van der Waals surface area contributed by atoms with Gasteiger partial charge in [-0.2, -0.15) is 0 Å². The molecule has 2 amide bonds. The lowest BCUT2D eigenvalue weighted by molar-refractivity contribution is -0.137. The summed E-state index contributed by atoms with van der Waals surface area (Å²) in [5.41, 5.74) is 0. The minimum absolute atomic E-state index is 0.185. The Bertz CT molecular complexity index is 271. The Labute approximate surface area is 95.1 Å². The molecule has 2 rings (SSSR count). The molecule has 5 heteroatoms. The predicted molar refractivity (Wildman–Crippen MR) is 57.7 cm³/mol. The molecule has 0 aromatic carbocycles. The minimum Gasteiger partial charge on any atom is -0.381 e. The van der Waals surface area contributed by atoms with Crippen LogP contribution in [-0.2, 0) is 14.3 Å². The number of imide groups is 1. The molecule has 2 fully saturated rings. The van der Waals surface area contributed by atoms with E-state index in [9.17, 15) is 9.59 Å². The summed E-state index contributed by atoms with van der Waals surface area (Å²) in [6.07, 6.45) is 2.04. The van der Waals surface area contributed by atoms with Gasteiger partial charge in [0.05, 0.1) is 13.1 Å². The number of hydrogen-bond acceptors (Lipinski definition) is 4. The van der Waals surface area contributed by atoms with Crippen molar-refractivity contribution in [2.24, 2.45) is 5.92 Å². The molecule has 90 valence electrons. The Kier molecular flexibility index (Phi) is 3.56. The van der Waals surface area contributed by atoms with Crippen LogP contribution in [0.2, 0.25) is 0 Å². The summed E-state index contributed by atoms with van der Waals surface area (Å²) in [5.74, 6) is 0.165. The van der Waals surface area contributed by atoms with Gasteiger partial charge in [-0.3, -0.25) is 19.8 Å². The Morgan fingerprint density at radius 1 is 1.25 bits per heavy atom. The Morgan fingerprint density at radius 2 is 1.81 bits per heavy atom. The maximum absolute atomic E-state index is 11.3. The maximum Gasteiger partial charge on any atom is 0.240 e. The summed E-state index contributed by atoms with van der Waals surface area (Å²) in [6.45, 7) is 4.36. The standard InChI is InChI=1S/C11H18N2O3/c1-8(9-2-4-16-5-3-9)13-6-10(14)12-11(15)7-13/h8-9H,2-7H2,1H3,(H,12,14,15). The highest BCUT2D eigenvalue weighted by atomic mass is 16.5. The lowest BCUT2D eigenvalue weighted by Gasteiger charge is -2.37. The first-order chi connectivity index (χ1) is 7.66. The van der Waals surface area contributed by atoms with Gasteiger partial charge in [0, 0.05) is 19.3 Å². The molecule has 0 aromatic rings. The SMILES string of the molecule is CC(C1CCOCC1)N1CC(=O)NC(=O)C1. The van der Waals surface area contributed by atoms with Gasteiger partial charge in [0.1, 0.15) is 0 Å². The zero-order valence-electron chi connectivity index (χ0n) is 9.57. The van der Waals surface area contributed by atoms with E-state index in [1.165, 1.54) is 0 Å². The number of carbonyl (C=O) groups excluding carboxylic acids is 2. The Balaban J connectivity index is 1.94. The van der Waals surface area contributed by atoms with Crippen molar-refractivity contribution in [1.82, 2.24) is 10.2 Å². The molecule has 0 saturated carbocycles. The van der Waals surface area contributed by atoms with Gasteiger partial charge in [0.15, 0.2) is 0 Å². The van der Waals surface area contributed by atoms with Crippen LogP contribution < -0.4 is 5.32 Å². The van der Waals surface area contributed by atoms with Crippen LogP contribution in [0.1, 0.15) is 19.8 Å². The number of carbonyl (C=O) groups is 2. The van der Waals surface area contributed by atoms with E-state index in [0.29, 0.717) is 19.0 Å². The smallest absolute Gasteiger partial charge is 0.240 e. The summed E-state index contributed by atoms with van der Waals surface area (Å²) < 4.78 is 5.31. The quantitative estimate of drug-likeness (QED) is 0.660. The second-order valence-electron chi connectivity index (χ2n) is 4.57. The molecule has 1 N–H and O–H groups in total. The molecule has 0 aromatic heterocycles. The monoisotopic (exact) mass is 226 g/mol. The Hall–Kier alpha value is -0.940. The number of nitrogens with one attached hydrogen (secondary N) is 1. The normalized spacial score (nSPS) is 26.6. The third-order valence-electron chi connectivity index (χ3n) is 3.50. The lowest BCUT2D eigenvalue weighted by Crippen LogP contribution is -2.55. The van der Waals surface area contributed by atoms with Crippen LogP contribution in [0.25, 0.3) is 0 Å². The molecule has 2 saturated heterocycles. The largest absolute Gasteiger partial charge is 0.381 e. The first kappa shape index (κ1) is 11.5. The summed E-state index contributed by atoms with van der Waals surface area (Å²) in [6, 6.07) is 0.277. The maximum atomic E-state index is 11.3. The van der Waals surface area contributed by atoms with E-state index in [-0.39, 0.29) is 17.9 Å². The summed E-state index contributed by atoms with van der Waals surface area (Å²) in [7, 11) is 0. The van der Waals surface area contributed by atoms with Crippen LogP contribution >= 0.6 is 0 Å². The van der Waals surface area contributed by atoms with Crippen molar-refractivity contribution >= 4 is 11.8 Å². The molecule has 16 heavy (non-hydrogen) atoms. The molecule has 2 heterocycles. The van der Waals surface area contributed by atoms with E-state index < -0.39 is 0 Å². The number of ether oxygens (including phenoxy) is 1. The second-order valence-corrected chi connectivity index (χ2v) is 4.57. The van der Waals surface area contributed by atoms with Crippen molar-refractivity contribution in [2.75, 3.05) is 26.3 Å². The zero-order valence-corrected chi connectivity index (χ0v) is 9.57. The van der Waals surface area contributed by atoms with E-state index in [1.54, 1.807) is 0 Å². The van der Waals surface area contributed by atoms with Gasteiger partial charge in [-0.1, -0.05) is 0 Å². The first-order valence-electron chi connectivity index (χ1n) is 5.81. The lowest BCUT2D eigenvalue weighted by atomic mass is 9.91. The van der Waals surface area contributed by atoms with Crippen molar-refractivity contribution in [3.8, 4) is 0 Å². The molecular formula is C11H18N2O3. The molecule has 5 nitrogen and oxygen atoms in total. The fourth-order valence-electron chi connectivity index (χ4n) is 2.44. The summed E-state index contributed by atoms with van der Waals surface area (Å²) >= 11 is 0. The molecule has 0 bridgehead atoms. The van der Waals surface area contributed by atoms with Crippen LogP contribution in [0.4, 0.5) is 0 Å². The highest BCUT2D eigenvalue weighted by Crippen LogP contribution is 2.22. The molecule has 0 aliphatic carbocycles. The first-order valence-corrected chi connectivity index (χ1v) is 5.81. The average molecular weight is 226 g/mol. The molecule has 2 aliphatic heterocycles. The number of piperazine rings is 1. The molecule has 0 radical (unpaired) electrons. The van der Waals surface area contributed by atoms with Gasteiger partial charge < -0.3 is 4.74 Å². The van der Waals surface area contributed by atoms with Gasteiger partial charge in [0.25, 0.3) is 0 Å². The van der Waals surface area contributed by atoms with Crippen LogP contribution in [0.5, 0.6) is 0 Å². The van der Waals surface area contributed by atoms with Crippen LogP contribution in [0.15, 0.2) is 0 Å². The summed E-state index contributed by atoms with van der Waals surface area (Å²) in [4.78, 5) is 24.5. The van der Waals surface area contributed by atoms with E-state index in [2.05, 4.69) is 12.2 Å². The van der Waals surface area contributed by atoms with E-state index >= 15 is 0 Å². The second kappa shape index (κ2) is 4.93. The van der Waals surface area contributed by atoms with Crippen LogP contribution in [-0.4, -0.2) is 49.1 Å². The van der Waals surface area contributed by atoms with E-state index in [1.807, 2.05) is 4.90 Å². The zero-order chi connectivity index (χ0) is 11.5. The fraction of sp³-hybridized carbons (Fsp3) is 0.818. The van der Waals surface area contributed by atoms with Gasteiger partial charge >= 0.3 is 0 Å². The third kappa shape index (κ3) is 2.59. The van der Waals surface area contributed by atoms with Crippen LogP contribution in [0.3, 0.4) is 0 Å². The third-order valence-corrected chi connectivity index (χ3v) is 3.50. The predicted octanol–water partition coefficient (Wildman–Crippen LogP) is -0.240. The number of amides is 2. The van der Waals surface area contributed by atoms with Crippen molar-refractivity contribution in [3.63, 3.8) is 0 Å².